The molecule has 7 nitrogen and oxygen atoms in total. The predicted octanol–water partition coefficient (Wildman–Crippen LogP) is 2.67. The van der Waals surface area contributed by atoms with Crippen LogP contribution in [0.5, 0.6) is 11.5 Å². The van der Waals surface area contributed by atoms with Crippen molar-refractivity contribution in [2.45, 2.75) is 44.6 Å². The zero-order valence-corrected chi connectivity index (χ0v) is 15.7. The van der Waals surface area contributed by atoms with Crippen molar-refractivity contribution in [3.63, 3.8) is 0 Å². The Bertz CT molecular complexity index is 571. The van der Waals surface area contributed by atoms with Crippen molar-refractivity contribution in [1.82, 2.24) is 4.90 Å². The van der Waals surface area contributed by atoms with Gasteiger partial charge in [0.15, 0.2) is 11.5 Å². The molecule has 2 N–H and O–H groups in total. The van der Waals surface area contributed by atoms with Gasteiger partial charge in [0.25, 0.3) is 0 Å². The van der Waals surface area contributed by atoms with Gasteiger partial charge in [-0.15, -0.1) is 0 Å². The molecule has 1 aliphatic rings. The van der Waals surface area contributed by atoms with Gasteiger partial charge in [0.1, 0.15) is 0 Å². The Balaban J connectivity index is 0.000000487. The van der Waals surface area contributed by atoms with E-state index in [0.29, 0.717) is 0 Å². The highest BCUT2D eigenvalue weighted by molar-refractivity contribution is 6.27. The molecular weight excluding hydrogens is 338 g/mol. The quantitative estimate of drug-likeness (QED) is 0.746. The second kappa shape index (κ2) is 11.4. The van der Waals surface area contributed by atoms with Gasteiger partial charge in [-0.25, -0.2) is 9.59 Å². The lowest BCUT2D eigenvalue weighted by molar-refractivity contribution is -0.159. The number of rotatable bonds is 6. The van der Waals surface area contributed by atoms with Gasteiger partial charge in [0, 0.05) is 12.6 Å². The molecule has 7 heteroatoms. The molecule has 2 rings (SSSR count). The van der Waals surface area contributed by atoms with E-state index in [1.165, 1.54) is 37.7 Å². The van der Waals surface area contributed by atoms with Crippen LogP contribution in [-0.2, 0) is 16.0 Å². The van der Waals surface area contributed by atoms with Crippen molar-refractivity contribution in [3.05, 3.63) is 23.8 Å². The monoisotopic (exact) mass is 367 g/mol. The highest BCUT2D eigenvalue weighted by Gasteiger charge is 2.17. The van der Waals surface area contributed by atoms with Gasteiger partial charge >= 0.3 is 11.9 Å². The number of benzene rings is 1. The third kappa shape index (κ3) is 7.31. The number of hydrogen-bond acceptors (Lipinski definition) is 5. The lowest BCUT2D eigenvalue weighted by atomic mass is 9.94. The Kier molecular flexibility index (Phi) is 9.51. The van der Waals surface area contributed by atoms with E-state index in [-0.39, 0.29) is 0 Å². The molecule has 0 saturated heterocycles. The Labute approximate surface area is 154 Å². The summed E-state index contributed by atoms with van der Waals surface area (Å²) in [5.74, 6) is -2.02. The third-order valence-corrected chi connectivity index (χ3v) is 4.58. The summed E-state index contributed by atoms with van der Waals surface area (Å²) in [6.45, 7) is 1.11. The second-order valence-electron chi connectivity index (χ2n) is 6.32. The Hall–Kier alpha value is -2.28. The first-order chi connectivity index (χ1) is 12.4. The Morgan fingerprint density at radius 1 is 1.04 bits per heavy atom. The summed E-state index contributed by atoms with van der Waals surface area (Å²) < 4.78 is 10.6. The minimum absolute atomic E-state index is 0.781. The van der Waals surface area contributed by atoms with Crippen molar-refractivity contribution in [3.8, 4) is 11.5 Å². The molecular formula is C19H29NO6. The largest absolute Gasteiger partial charge is 0.493 e. The zero-order chi connectivity index (χ0) is 19.5. The molecule has 26 heavy (non-hydrogen) atoms. The smallest absolute Gasteiger partial charge is 0.414 e. The zero-order valence-electron chi connectivity index (χ0n) is 15.7. The summed E-state index contributed by atoms with van der Waals surface area (Å²) in [4.78, 5) is 20.7. The fraction of sp³-hybridized carbons (Fsp3) is 0.579. The molecule has 0 amide bonds. The molecule has 1 saturated carbocycles. The number of methoxy groups -OCH3 is 2. The highest BCUT2D eigenvalue weighted by Crippen LogP contribution is 2.28. The van der Waals surface area contributed by atoms with E-state index in [0.717, 1.165) is 30.5 Å². The molecule has 0 atom stereocenters. The van der Waals surface area contributed by atoms with Gasteiger partial charge in [-0.1, -0.05) is 25.3 Å². The number of carboxylic acid groups (broad SMARTS) is 2. The number of carbonyl (C=O) groups is 2. The van der Waals surface area contributed by atoms with Crippen LogP contribution in [-0.4, -0.2) is 60.9 Å². The fourth-order valence-electron chi connectivity index (χ4n) is 3.05. The molecule has 0 unspecified atom stereocenters. The molecule has 0 aromatic heterocycles. The number of hydrogen-bond donors (Lipinski definition) is 2. The minimum Gasteiger partial charge on any atom is -0.493 e. The summed E-state index contributed by atoms with van der Waals surface area (Å²) in [6.07, 6.45) is 8.00. The van der Waals surface area contributed by atoms with Crippen molar-refractivity contribution in [1.29, 1.82) is 0 Å². The van der Waals surface area contributed by atoms with Crippen LogP contribution in [0, 0.1) is 0 Å². The van der Waals surface area contributed by atoms with Crippen molar-refractivity contribution in [2.24, 2.45) is 0 Å². The van der Waals surface area contributed by atoms with Crippen LogP contribution in [0.4, 0.5) is 0 Å². The highest BCUT2D eigenvalue weighted by atomic mass is 16.5. The van der Waals surface area contributed by atoms with E-state index in [1.807, 2.05) is 6.07 Å². The summed E-state index contributed by atoms with van der Waals surface area (Å²) in [5, 5.41) is 14.8. The molecule has 0 heterocycles. The van der Waals surface area contributed by atoms with E-state index in [2.05, 4.69) is 24.1 Å². The lowest BCUT2D eigenvalue weighted by Crippen LogP contribution is -2.34. The maximum Gasteiger partial charge on any atom is 0.414 e. The first-order valence-corrected chi connectivity index (χ1v) is 8.76. The van der Waals surface area contributed by atoms with Crippen LogP contribution >= 0.6 is 0 Å². The first-order valence-electron chi connectivity index (χ1n) is 8.76. The average Bonchev–Trinajstić information content (AvgIpc) is 2.66. The first kappa shape index (κ1) is 21.8. The van der Waals surface area contributed by atoms with Gasteiger partial charge in [-0.05, 0) is 44.0 Å². The molecule has 0 radical (unpaired) electrons. The molecule has 146 valence electrons. The number of carboxylic acids is 2. The topological polar surface area (TPSA) is 96.3 Å². The number of ether oxygens (including phenoxy) is 2. The summed E-state index contributed by atoms with van der Waals surface area (Å²) >= 11 is 0. The fourth-order valence-corrected chi connectivity index (χ4v) is 3.05. The summed E-state index contributed by atoms with van der Waals surface area (Å²) in [6, 6.07) is 7.00. The van der Waals surface area contributed by atoms with Gasteiger partial charge in [-0.3, -0.25) is 0 Å². The third-order valence-electron chi connectivity index (χ3n) is 4.58. The van der Waals surface area contributed by atoms with Crippen LogP contribution < -0.4 is 9.47 Å². The van der Waals surface area contributed by atoms with Crippen molar-refractivity contribution >= 4 is 11.9 Å². The van der Waals surface area contributed by atoms with Crippen LogP contribution in [0.2, 0.25) is 0 Å². The van der Waals surface area contributed by atoms with Gasteiger partial charge in [0.05, 0.1) is 14.2 Å². The average molecular weight is 367 g/mol. The Morgan fingerprint density at radius 2 is 1.62 bits per heavy atom. The molecule has 1 aromatic carbocycles. The summed E-state index contributed by atoms with van der Waals surface area (Å²) in [7, 11) is 5.63. The van der Waals surface area contributed by atoms with Gasteiger partial charge in [-0.2, -0.15) is 0 Å². The number of aliphatic carboxylic acids is 2. The van der Waals surface area contributed by atoms with Crippen LogP contribution in [0.1, 0.15) is 37.7 Å². The minimum atomic E-state index is -1.82. The Morgan fingerprint density at radius 3 is 2.12 bits per heavy atom. The maximum atomic E-state index is 9.10. The summed E-state index contributed by atoms with van der Waals surface area (Å²) in [5.41, 5.74) is 1.31. The lowest BCUT2D eigenvalue weighted by Gasteiger charge is -2.31. The van der Waals surface area contributed by atoms with Crippen LogP contribution in [0.3, 0.4) is 0 Å². The number of nitrogens with zero attached hydrogens (tertiary/aromatic N) is 1. The molecule has 1 fully saturated rings. The second-order valence-corrected chi connectivity index (χ2v) is 6.32. The molecule has 0 spiro atoms. The molecule has 0 aliphatic heterocycles. The predicted molar refractivity (Wildman–Crippen MR) is 98.0 cm³/mol. The van der Waals surface area contributed by atoms with E-state index >= 15 is 0 Å². The van der Waals surface area contributed by atoms with E-state index in [4.69, 9.17) is 29.3 Å². The standard InChI is InChI=1S/C17H27NO2.C2H2O4/c1-18(15-7-5-4-6-8-15)12-11-14-9-10-16(19-2)17(13-14)20-3;3-1(4)2(5)6/h9-10,13,15H,4-8,11-12H2,1-3H3;(H,3,4)(H,5,6). The number of likely N-dealkylation sites (N-methyl/N-ethyl adjacent to an activating group) is 1. The van der Waals surface area contributed by atoms with Crippen molar-refractivity contribution < 1.29 is 29.3 Å². The SMILES string of the molecule is COc1ccc(CCN(C)C2CCCCC2)cc1OC.O=C(O)C(=O)O. The van der Waals surface area contributed by atoms with Crippen molar-refractivity contribution in [2.75, 3.05) is 27.8 Å². The normalized spacial score (nSPS) is 14.3. The van der Waals surface area contributed by atoms with Gasteiger partial charge < -0.3 is 24.6 Å². The molecule has 1 aromatic rings. The molecule has 1 aliphatic carbocycles. The van der Waals surface area contributed by atoms with Crippen LogP contribution in [0.25, 0.3) is 0 Å². The van der Waals surface area contributed by atoms with Crippen LogP contribution in [0.15, 0.2) is 18.2 Å². The molecule has 0 bridgehead atoms. The maximum absolute atomic E-state index is 9.10. The van der Waals surface area contributed by atoms with E-state index in [9.17, 15) is 0 Å². The van der Waals surface area contributed by atoms with E-state index < -0.39 is 11.9 Å². The van der Waals surface area contributed by atoms with E-state index in [1.54, 1.807) is 14.2 Å². The van der Waals surface area contributed by atoms with Gasteiger partial charge in [0.2, 0.25) is 0 Å².